The first-order chi connectivity index (χ1) is 21.7. The van der Waals surface area contributed by atoms with Gasteiger partial charge >= 0.3 is 6.01 Å². The van der Waals surface area contributed by atoms with Crippen LogP contribution in [0.5, 0.6) is 17.5 Å². The Labute approximate surface area is 267 Å². The van der Waals surface area contributed by atoms with Crippen LogP contribution >= 0.6 is 0 Å². The number of rotatable bonds is 10. The maximum absolute atomic E-state index is 13.3. The van der Waals surface area contributed by atoms with E-state index in [4.69, 9.17) is 14.5 Å². The second kappa shape index (κ2) is 13.5. The highest BCUT2D eigenvalue weighted by Gasteiger charge is 2.38. The number of carbonyl (C=O) groups is 2. The Bertz CT molecular complexity index is 1370. The van der Waals surface area contributed by atoms with E-state index in [2.05, 4.69) is 20.1 Å². The van der Waals surface area contributed by atoms with Crippen molar-refractivity contribution in [2.45, 2.75) is 89.9 Å². The fraction of sp³-hybridized carbons (Fsp3) is 0.647. The number of hydrogen-bond donors (Lipinski definition) is 1. The highest BCUT2D eigenvalue weighted by molar-refractivity contribution is 6.04. The molecule has 2 amide bonds. The van der Waals surface area contributed by atoms with Gasteiger partial charge in [-0.25, -0.2) is 4.98 Å². The molecular formula is C34H49N7O4. The quantitative estimate of drug-likeness (QED) is 0.417. The lowest BCUT2D eigenvalue weighted by Gasteiger charge is -2.42. The van der Waals surface area contributed by atoms with Gasteiger partial charge in [-0.05, 0) is 82.9 Å². The maximum atomic E-state index is 13.3. The standard InChI is InChI=1S/C34H49N7O4/c1-6-27-33(43)38(4)28-20-35-34(37-31(28)41(27)22(2)3)45-29-14-9-24(19-30(29)44-5)32(42)36-25-10-12-26(13-11-25)40-17-15-39(16-18-40)21-23-7-8-23/h9,14,19-20,22-23,25-27H,6-8,10-13,15-18,21H2,1-5H3,(H,36,42)/t25?,26?,27-/m1/s1. The third kappa shape index (κ3) is 6.89. The van der Waals surface area contributed by atoms with E-state index in [1.807, 2.05) is 25.7 Å². The normalized spacial score (nSPS) is 24.5. The van der Waals surface area contributed by atoms with Crippen molar-refractivity contribution in [1.29, 1.82) is 0 Å². The first-order valence-corrected chi connectivity index (χ1v) is 16.8. The van der Waals surface area contributed by atoms with Crippen molar-refractivity contribution in [3.8, 4) is 17.5 Å². The number of nitrogens with zero attached hydrogens (tertiary/aromatic N) is 6. The van der Waals surface area contributed by atoms with Crippen LogP contribution in [-0.4, -0.2) is 103 Å². The summed E-state index contributed by atoms with van der Waals surface area (Å²) in [5.41, 5.74) is 1.17. The Morgan fingerprint density at radius 1 is 1.04 bits per heavy atom. The summed E-state index contributed by atoms with van der Waals surface area (Å²) >= 11 is 0. The zero-order chi connectivity index (χ0) is 31.7. The third-order valence-electron chi connectivity index (χ3n) is 10.0. The maximum Gasteiger partial charge on any atom is 0.324 e. The molecule has 4 aliphatic rings. The number of methoxy groups -OCH3 is 1. The van der Waals surface area contributed by atoms with Gasteiger partial charge in [-0.1, -0.05) is 6.92 Å². The molecule has 0 radical (unpaired) electrons. The number of anilines is 2. The van der Waals surface area contributed by atoms with Crippen molar-refractivity contribution in [1.82, 2.24) is 25.1 Å². The molecule has 3 heterocycles. The zero-order valence-electron chi connectivity index (χ0n) is 27.5. The van der Waals surface area contributed by atoms with E-state index in [1.165, 1.54) is 45.6 Å². The monoisotopic (exact) mass is 619 g/mol. The molecule has 3 fully saturated rings. The predicted molar refractivity (Wildman–Crippen MR) is 174 cm³/mol. The van der Waals surface area contributed by atoms with Crippen molar-refractivity contribution in [3.63, 3.8) is 0 Å². The molecule has 1 aromatic heterocycles. The summed E-state index contributed by atoms with van der Waals surface area (Å²) < 4.78 is 11.7. The van der Waals surface area contributed by atoms with Gasteiger partial charge in [0.15, 0.2) is 17.3 Å². The summed E-state index contributed by atoms with van der Waals surface area (Å²) in [6, 6.07) is 5.88. The fourth-order valence-electron chi connectivity index (χ4n) is 7.23. The van der Waals surface area contributed by atoms with Crippen LogP contribution in [0.25, 0.3) is 0 Å². The number of hydrogen-bond acceptors (Lipinski definition) is 9. The molecule has 0 unspecified atom stereocenters. The molecule has 1 N–H and O–H groups in total. The number of benzene rings is 1. The van der Waals surface area contributed by atoms with Crippen molar-refractivity contribution >= 4 is 23.3 Å². The number of piperazine rings is 1. The van der Waals surface area contributed by atoms with Gasteiger partial charge in [-0.15, -0.1) is 0 Å². The van der Waals surface area contributed by atoms with Gasteiger partial charge in [0.2, 0.25) is 5.91 Å². The molecule has 2 aromatic rings. The fourth-order valence-corrected chi connectivity index (χ4v) is 7.23. The van der Waals surface area contributed by atoms with Gasteiger partial charge < -0.3 is 29.5 Å². The molecule has 1 saturated heterocycles. The van der Waals surface area contributed by atoms with Gasteiger partial charge in [-0.2, -0.15) is 4.98 Å². The number of likely N-dealkylation sites (N-methyl/N-ethyl adjacent to an activating group) is 1. The van der Waals surface area contributed by atoms with Crippen LogP contribution in [0.15, 0.2) is 24.4 Å². The van der Waals surface area contributed by atoms with E-state index in [-0.39, 0.29) is 36.0 Å². The second-order valence-electron chi connectivity index (χ2n) is 13.4. The minimum Gasteiger partial charge on any atom is -0.493 e. The van der Waals surface area contributed by atoms with Crippen molar-refractivity contribution in [2.24, 2.45) is 5.92 Å². The number of fused-ring (bicyclic) bond motifs is 1. The molecule has 2 saturated carbocycles. The second-order valence-corrected chi connectivity index (χ2v) is 13.4. The van der Waals surface area contributed by atoms with Crippen LogP contribution in [0.1, 0.15) is 76.1 Å². The lowest BCUT2D eigenvalue weighted by atomic mass is 9.89. The number of aromatic nitrogens is 2. The Balaban J connectivity index is 1.06. The van der Waals surface area contributed by atoms with E-state index >= 15 is 0 Å². The van der Waals surface area contributed by atoms with Crippen molar-refractivity contribution in [3.05, 3.63) is 30.0 Å². The Morgan fingerprint density at radius 2 is 1.78 bits per heavy atom. The SMILES string of the molecule is CC[C@@H]1C(=O)N(C)c2cnc(Oc3ccc(C(=O)NC4CCC(N5CCN(CC6CC6)CC5)CC4)cc3OC)nc2N1C(C)C. The summed E-state index contributed by atoms with van der Waals surface area (Å²) in [7, 11) is 3.30. The lowest BCUT2D eigenvalue weighted by molar-refractivity contribution is -0.120. The molecular weight excluding hydrogens is 570 g/mol. The van der Waals surface area contributed by atoms with Crippen LogP contribution < -0.4 is 24.6 Å². The predicted octanol–water partition coefficient (Wildman–Crippen LogP) is 4.32. The molecule has 1 atom stereocenters. The smallest absolute Gasteiger partial charge is 0.324 e. The minimum atomic E-state index is -0.306. The van der Waals surface area contributed by atoms with E-state index < -0.39 is 0 Å². The van der Waals surface area contributed by atoms with Gasteiger partial charge in [0.25, 0.3) is 5.91 Å². The summed E-state index contributed by atoms with van der Waals surface area (Å²) in [5.74, 6) is 2.38. The summed E-state index contributed by atoms with van der Waals surface area (Å²) in [6.07, 6.45) is 9.38. The molecule has 6 rings (SSSR count). The topological polar surface area (TPSA) is 103 Å². The third-order valence-corrected chi connectivity index (χ3v) is 10.0. The van der Waals surface area contributed by atoms with Crippen molar-refractivity contribution in [2.75, 3.05) is 56.7 Å². The molecule has 0 bridgehead atoms. The van der Waals surface area contributed by atoms with Crippen molar-refractivity contribution < 1.29 is 19.1 Å². The van der Waals surface area contributed by atoms with Crippen LogP contribution in [-0.2, 0) is 4.79 Å². The number of carbonyl (C=O) groups excluding carboxylic acids is 2. The van der Waals surface area contributed by atoms with Gasteiger partial charge in [0.1, 0.15) is 11.7 Å². The molecule has 0 spiro atoms. The first-order valence-electron chi connectivity index (χ1n) is 16.8. The van der Waals surface area contributed by atoms with Gasteiger partial charge in [-0.3, -0.25) is 14.5 Å². The van der Waals surface area contributed by atoms with Gasteiger partial charge in [0.05, 0.1) is 13.3 Å². The first kappa shape index (κ1) is 31.5. The van der Waals surface area contributed by atoms with E-state index in [0.717, 1.165) is 31.6 Å². The number of ether oxygens (including phenoxy) is 2. The molecule has 2 aliphatic carbocycles. The van der Waals surface area contributed by atoms with Crippen LogP contribution in [0.4, 0.5) is 11.5 Å². The molecule has 244 valence electrons. The van der Waals surface area contributed by atoms with Crippen LogP contribution in [0, 0.1) is 5.92 Å². The highest BCUT2D eigenvalue weighted by atomic mass is 16.5. The Morgan fingerprint density at radius 3 is 2.42 bits per heavy atom. The Kier molecular flexibility index (Phi) is 9.46. The minimum absolute atomic E-state index is 0.0250. The average molecular weight is 620 g/mol. The molecule has 11 nitrogen and oxygen atoms in total. The van der Waals surface area contributed by atoms with Gasteiger partial charge in [0, 0.05) is 63.5 Å². The summed E-state index contributed by atoms with van der Waals surface area (Å²) in [5, 5.41) is 3.26. The number of nitrogens with one attached hydrogen (secondary N) is 1. The van der Waals surface area contributed by atoms with Crippen LogP contribution in [0.3, 0.4) is 0 Å². The van der Waals surface area contributed by atoms with E-state index in [0.29, 0.717) is 41.0 Å². The lowest BCUT2D eigenvalue weighted by Crippen LogP contribution is -2.54. The van der Waals surface area contributed by atoms with E-state index in [9.17, 15) is 9.59 Å². The number of amides is 2. The largest absolute Gasteiger partial charge is 0.493 e. The molecule has 1 aromatic carbocycles. The summed E-state index contributed by atoms with van der Waals surface area (Å²) in [6.45, 7) is 12.1. The molecule has 2 aliphatic heterocycles. The van der Waals surface area contributed by atoms with Crippen LogP contribution in [0.2, 0.25) is 0 Å². The zero-order valence-corrected chi connectivity index (χ0v) is 27.5. The van der Waals surface area contributed by atoms with E-state index in [1.54, 1.807) is 43.5 Å². The summed E-state index contributed by atoms with van der Waals surface area (Å²) in [4.78, 5) is 44.3. The Hall–Kier alpha value is -3.44. The molecule has 45 heavy (non-hydrogen) atoms. The molecule has 11 heteroatoms. The highest BCUT2D eigenvalue weighted by Crippen LogP contribution is 2.38. The average Bonchev–Trinajstić information content (AvgIpc) is 3.87.